The van der Waals surface area contributed by atoms with Gasteiger partial charge in [0, 0.05) is 39.9 Å². The van der Waals surface area contributed by atoms with E-state index in [9.17, 15) is 28.2 Å². The third kappa shape index (κ3) is 3.21. The number of nitrogens with zero attached hydrogens (tertiary/aromatic N) is 1. The highest BCUT2D eigenvalue weighted by Gasteiger charge is 2.51. The standard InChI is InChI=1S/C24H22F3NO5/c1-23(2)10-33-24(6-5-18(22(30)31)32-11-24)20-19-16(7-12(25)8-17(19)29)28(21(20)23)13-3-4-14(26)15(27)9-13/h3-4,7-9,18,29H,5-6,10-11H2,1-2H3,(H,30,31). The molecule has 0 amide bonds. The molecule has 0 aliphatic carbocycles. The zero-order valence-electron chi connectivity index (χ0n) is 18.0. The quantitative estimate of drug-likeness (QED) is 0.587. The van der Waals surface area contributed by atoms with Gasteiger partial charge in [0.1, 0.15) is 17.2 Å². The number of carbonyl (C=O) groups is 1. The number of carboxylic acid groups (broad SMARTS) is 1. The Labute approximate surface area is 187 Å². The van der Waals surface area contributed by atoms with Gasteiger partial charge in [-0.15, -0.1) is 0 Å². The molecule has 2 atom stereocenters. The Kier molecular flexibility index (Phi) is 4.77. The number of aromatic hydroxyl groups is 1. The van der Waals surface area contributed by atoms with Crippen molar-refractivity contribution in [3.05, 3.63) is 59.0 Å². The van der Waals surface area contributed by atoms with Crippen molar-refractivity contribution in [2.45, 2.75) is 43.8 Å². The molecule has 1 fully saturated rings. The number of aliphatic carboxylic acids is 1. The molecule has 1 saturated heterocycles. The van der Waals surface area contributed by atoms with Gasteiger partial charge < -0.3 is 24.3 Å². The van der Waals surface area contributed by atoms with Gasteiger partial charge in [-0.25, -0.2) is 18.0 Å². The molecule has 9 heteroatoms. The van der Waals surface area contributed by atoms with Crippen LogP contribution in [0, 0.1) is 17.5 Å². The van der Waals surface area contributed by atoms with E-state index in [0.29, 0.717) is 23.1 Å². The van der Waals surface area contributed by atoms with Crippen LogP contribution in [0.4, 0.5) is 13.2 Å². The first-order valence-electron chi connectivity index (χ1n) is 10.6. The van der Waals surface area contributed by atoms with E-state index in [-0.39, 0.29) is 36.6 Å². The van der Waals surface area contributed by atoms with Gasteiger partial charge in [0.15, 0.2) is 17.7 Å². The van der Waals surface area contributed by atoms with Crippen LogP contribution in [0.1, 0.15) is 37.9 Å². The number of carboxylic acids is 1. The topological polar surface area (TPSA) is 80.9 Å². The molecule has 1 aromatic heterocycles. The van der Waals surface area contributed by atoms with Crippen LogP contribution in [-0.4, -0.2) is 40.1 Å². The monoisotopic (exact) mass is 461 g/mol. The van der Waals surface area contributed by atoms with Crippen LogP contribution in [-0.2, 0) is 25.3 Å². The Hall–Kier alpha value is -3.04. The number of aromatic nitrogens is 1. The number of ether oxygens (including phenoxy) is 2. The average Bonchev–Trinajstić information content (AvgIpc) is 3.11. The Bertz CT molecular complexity index is 1290. The van der Waals surface area contributed by atoms with Crippen LogP contribution in [0.3, 0.4) is 0 Å². The largest absolute Gasteiger partial charge is 0.507 e. The SMILES string of the molecule is CC1(C)COC2(CCC(C(=O)O)OC2)c2c1n(-c1ccc(F)c(F)c1)c1cc(F)cc(O)c21. The van der Waals surface area contributed by atoms with Crippen molar-refractivity contribution in [1.29, 1.82) is 0 Å². The van der Waals surface area contributed by atoms with Crippen LogP contribution < -0.4 is 0 Å². The number of phenols is 1. The first kappa shape index (κ1) is 21.8. The first-order chi connectivity index (χ1) is 15.5. The lowest BCUT2D eigenvalue weighted by Gasteiger charge is -2.47. The number of benzene rings is 2. The average molecular weight is 461 g/mol. The summed E-state index contributed by atoms with van der Waals surface area (Å²) in [6, 6.07) is 5.61. The highest BCUT2D eigenvalue weighted by molar-refractivity contribution is 5.94. The van der Waals surface area contributed by atoms with Crippen LogP contribution in [0.5, 0.6) is 5.75 Å². The van der Waals surface area contributed by atoms with Crippen molar-refractivity contribution in [2.24, 2.45) is 0 Å². The molecule has 0 saturated carbocycles. The predicted molar refractivity (Wildman–Crippen MR) is 112 cm³/mol. The van der Waals surface area contributed by atoms with E-state index in [1.165, 1.54) is 12.1 Å². The second kappa shape index (κ2) is 7.23. The van der Waals surface area contributed by atoms with Gasteiger partial charge in [-0.2, -0.15) is 0 Å². The minimum absolute atomic E-state index is 0.0826. The number of hydrogen-bond acceptors (Lipinski definition) is 4. The third-order valence-electron chi connectivity index (χ3n) is 6.58. The second-order valence-corrected chi connectivity index (χ2v) is 9.32. The summed E-state index contributed by atoms with van der Waals surface area (Å²) in [7, 11) is 0. The maximum atomic E-state index is 14.4. The van der Waals surface area contributed by atoms with E-state index in [4.69, 9.17) is 9.47 Å². The number of fused-ring (bicyclic) bond motifs is 4. The highest BCUT2D eigenvalue weighted by atomic mass is 19.2. The molecule has 0 radical (unpaired) electrons. The number of halogens is 3. The van der Waals surface area contributed by atoms with Crippen molar-refractivity contribution in [2.75, 3.05) is 13.2 Å². The molecule has 2 aromatic carbocycles. The van der Waals surface area contributed by atoms with Gasteiger partial charge in [-0.1, -0.05) is 13.8 Å². The molecule has 3 aromatic rings. The number of phenolic OH excluding ortho intramolecular Hbond substituents is 1. The van der Waals surface area contributed by atoms with Crippen molar-refractivity contribution >= 4 is 16.9 Å². The lowest BCUT2D eigenvalue weighted by molar-refractivity contribution is -0.188. The molecule has 6 nitrogen and oxygen atoms in total. The van der Waals surface area contributed by atoms with Gasteiger partial charge in [0.2, 0.25) is 0 Å². The first-order valence-corrected chi connectivity index (χ1v) is 10.6. The molecule has 33 heavy (non-hydrogen) atoms. The summed E-state index contributed by atoms with van der Waals surface area (Å²) in [4.78, 5) is 11.4. The van der Waals surface area contributed by atoms with E-state index in [1.54, 1.807) is 4.57 Å². The molecule has 5 rings (SSSR count). The van der Waals surface area contributed by atoms with E-state index in [0.717, 1.165) is 18.2 Å². The van der Waals surface area contributed by atoms with E-state index >= 15 is 0 Å². The Morgan fingerprint density at radius 3 is 2.52 bits per heavy atom. The summed E-state index contributed by atoms with van der Waals surface area (Å²) in [6.45, 7) is 3.92. The molecule has 2 aliphatic rings. The second-order valence-electron chi connectivity index (χ2n) is 9.32. The number of rotatable bonds is 2. The van der Waals surface area contributed by atoms with Gasteiger partial charge in [-0.05, 0) is 31.0 Å². The maximum absolute atomic E-state index is 14.4. The Balaban J connectivity index is 1.85. The van der Waals surface area contributed by atoms with Gasteiger partial charge in [0.25, 0.3) is 0 Å². The molecular weight excluding hydrogens is 439 g/mol. The summed E-state index contributed by atoms with van der Waals surface area (Å²) in [5.41, 5.74) is -0.0596. The molecule has 2 unspecified atom stereocenters. The predicted octanol–water partition coefficient (Wildman–Crippen LogP) is 4.52. The van der Waals surface area contributed by atoms with Gasteiger partial charge in [-0.3, -0.25) is 0 Å². The van der Waals surface area contributed by atoms with Gasteiger partial charge >= 0.3 is 5.97 Å². The number of hydrogen-bond donors (Lipinski definition) is 2. The van der Waals surface area contributed by atoms with Crippen molar-refractivity contribution < 1.29 is 37.7 Å². The summed E-state index contributed by atoms with van der Waals surface area (Å²) in [5, 5.41) is 20.5. The van der Waals surface area contributed by atoms with Crippen LogP contribution in [0.25, 0.3) is 16.6 Å². The summed E-state index contributed by atoms with van der Waals surface area (Å²) < 4.78 is 55.9. The minimum Gasteiger partial charge on any atom is -0.507 e. The van der Waals surface area contributed by atoms with Crippen LogP contribution in [0.2, 0.25) is 0 Å². The molecule has 3 heterocycles. The molecule has 1 spiro atoms. The third-order valence-corrected chi connectivity index (χ3v) is 6.58. The molecular formula is C24H22F3NO5. The van der Waals surface area contributed by atoms with Crippen LogP contribution in [0.15, 0.2) is 30.3 Å². The van der Waals surface area contributed by atoms with Crippen molar-refractivity contribution in [3.63, 3.8) is 0 Å². The maximum Gasteiger partial charge on any atom is 0.332 e. The van der Waals surface area contributed by atoms with E-state index in [2.05, 4.69) is 0 Å². The Morgan fingerprint density at radius 1 is 1.12 bits per heavy atom. The Morgan fingerprint density at radius 2 is 1.88 bits per heavy atom. The van der Waals surface area contributed by atoms with Crippen molar-refractivity contribution in [3.8, 4) is 11.4 Å². The normalized spacial score (nSPS) is 24.2. The highest BCUT2D eigenvalue weighted by Crippen LogP contribution is 2.53. The van der Waals surface area contributed by atoms with Crippen molar-refractivity contribution in [1.82, 2.24) is 4.57 Å². The van der Waals surface area contributed by atoms with E-state index in [1.807, 2.05) is 13.8 Å². The van der Waals surface area contributed by atoms with E-state index < -0.39 is 40.5 Å². The summed E-state index contributed by atoms with van der Waals surface area (Å²) in [6.07, 6.45) is -0.515. The van der Waals surface area contributed by atoms with Gasteiger partial charge in [0.05, 0.1) is 18.7 Å². The lowest BCUT2D eigenvalue weighted by Crippen LogP contribution is -2.50. The summed E-state index contributed by atoms with van der Waals surface area (Å²) >= 11 is 0. The minimum atomic E-state index is -1.09. The molecule has 0 bridgehead atoms. The zero-order valence-corrected chi connectivity index (χ0v) is 18.0. The fourth-order valence-corrected chi connectivity index (χ4v) is 5.06. The van der Waals surface area contributed by atoms with Crippen LogP contribution >= 0.6 is 0 Å². The fourth-order valence-electron chi connectivity index (χ4n) is 5.06. The zero-order chi connectivity index (χ0) is 23.7. The fraction of sp³-hybridized carbons (Fsp3) is 0.375. The molecule has 2 N–H and O–H groups in total. The lowest BCUT2D eigenvalue weighted by atomic mass is 9.75. The molecule has 2 aliphatic heterocycles. The smallest absolute Gasteiger partial charge is 0.332 e. The molecule has 174 valence electrons. The summed E-state index contributed by atoms with van der Waals surface area (Å²) in [5.74, 6) is -4.18.